The highest BCUT2D eigenvalue weighted by atomic mass is 16.5. The fourth-order valence-electron chi connectivity index (χ4n) is 2.00. The smallest absolute Gasteiger partial charge is 0.320 e. The first-order valence-corrected chi connectivity index (χ1v) is 7.26. The molecule has 1 atom stereocenters. The van der Waals surface area contributed by atoms with Crippen LogP contribution in [0.4, 0.5) is 0 Å². The fourth-order valence-corrected chi connectivity index (χ4v) is 2.00. The second-order valence-electron chi connectivity index (χ2n) is 4.82. The van der Waals surface area contributed by atoms with E-state index in [1.807, 2.05) is 24.3 Å². The van der Waals surface area contributed by atoms with Crippen molar-refractivity contribution in [2.24, 2.45) is 11.8 Å². The maximum atomic E-state index is 11.8. The topological polar surface area (TPSA) is 71.1 Å². The number of hydrogen-bond donors (Lipinski definition) is 0. The Hall–Kier alpha value is -2.76. The van der Waals surface area contributed by atoms with Crippen LogP contribution in [0, 0.1) is 11.8 Å². The number of methoxy groups -OCH3 is 3. The second-order valence-corrected chi connectivity index (χ2v) is 4.82. The molecular weight excluding hydrogens is 312 g/mol. The molecule has 0 saturated carbocycles. The van der Waals surface area contributed by atoms with E-state index in [2.05, 4.69) is 16.1 Å². The van der Waals surface area contributed by atoms with Crippen molar-refractivity contribution in [3.63, 3.8) is 0 Å². The molecule has 0 aliphatic heterocycles. The molecule has 24 heavy (non-hydrogen) atoms. The number of ether oxygens (including phenoxy) is 4. The summed E-state index contributed by atoms with van der Waals surface area (Å²) < 4.78 is 19.8. The zero-order valence-electron chi connectivity index (χ0n) is 14.1. The van der Waals surface area contributed by atoms with Gasteiger partial charge in [0, 0.05) is 5.92 Å². The van der Waals surface area contributed by atoms with Gasteiger partial charge in [0.25, 0.3) is 0 Å². The molecule has 1 aromatic carbocycles. The van der Waals surface area contributed by atoms with Gasteiger partial charge in [-0.05, 0) is 23.8 Å². The fraction of sp³-hybridized carbons (Fsp3) is 0.333. The van der Waals surface area contributed by atoms with Crippen LogP contribution in [0.2, 0.25) is 0 Å². The SMILES string of the molecule is C=CC(/C=C/OCc1ccc(OC)cc1)C(C(=O)OC)C(=O)OC. The zero-order valence-corrected chi connectivity index (χ0v) is 14.1. The van der Waals surface area contributed by atoms with Crippen molar-refractivity contribution in [2.75, 3.05) is 21.3 Å². The zero-order chi connectivity index (χ0) is 17.9. The first kappa shape index (κ1) is 19.3. The Balaban J connectivity index is 2.67. The van der Waals surface area contributed by atoms with Gasteiger partial charge in [-0.2, -0.15) is 0 Å². The Labute approximate surface area is 141 Å². The average molecular weight is 334 g/mol. The van der Waals surface area contributed by atoms with Crippen LogP contribution in [0.3, 0.4) is 0 Å². The molecule has 6 heteroatoms. The van der Waals surface area contributed by atoms with Crippen molar-refractivity contribution in [3.05, 3.63) is 54.8 Å². The molecule has 0 saturated heterocycles. The highest BCUT2D eigenvalue weighted by Crippen LogP contribution is 2.19. The number of carbonyl (C=O) groups excluding carboxylic acids is 2. The molecule has 6 nitrogen and oxygen atoms in total. The van der Waals surface area contributed by atoms with Crippen LogP contribution < -0.4 is 4.74 Å². The Morgan fingerprint density at radius 2 is 1.67 bits per heavy atom. The molecule has 0 spiro atoms. The summed E-state index contributed by atoms with van der Waals surface area (Å²) in [6.07, 6.45) is 4.45. The van der Waals surface area contributed by atoms with Crippen LogP contribution in [0.25, 0.3) is 0 Å². The van der Waals surface area contributed by atoms with Gasteiger partial charge >= 0.3 is 11.9 Å². The van der Waals surface area contributed by atoms with E-state index < -0.39 is 23.8 Å². The summed E-state index contributed by atoms with van der Waals surface area (Å²) in [4.78, 5) is 23.5. The molecule has 0 radical (unpaired) electrons. The lowest BCUT2D eigenvalue weighted by atomic mass is 9.92. The Morgan fingerprint density at radius 3 is 2.12 bits per heavy atom. The van der Waals surface area contributed by atoms with Crippen molar-refractivity contribution >= 4 is 11.9 Å². The third kappa shape index (κ3) is 5.46. The van der Waals surface area contributed by atoms with E-state index in [9.17, 15) is 9.59 Å². The summed E-state index contributed by atoms with van der Waals surface area (Å²) in [5, 5.41) is 0. The predicted octanol–water partition coefficient (Wildman–Crippen LogP) is 2.49. The molecule has 0 aromatic heterocycles. The van der Waals surface area contributed by atoms with Gasteiger partial charge in [0.05, 0.1) is 27.6 Å². The first-order chi connectivity index (χ1) is 11.6. The second kappa shape index (κ2) is 10.1. The lowest BCUT2D eigenvalue weighted by Crippen LogP contribution is -2.31. The number of carbonyl (C=O) groups is 2. The van der Waals surface area contributed by atoms with Gasteiger partial charge in [0.15, 0.2) is 5.92 Å². The largest absolute Gasteiger partial charge is 0.497 e. The maximum Gasteiger partial charge on any atom is 0.320 e. The van der Waals surface area contributed by atoms with Gasteiger partial charge in [0.1, 0.15) is 12.4 Å². The minimum atomic E-state index is -1.11. The van der Waals surface area contributed by atoms with E-state index in [1.165, 1.54) is 26.6 Å². The average Bonchev–Trinajstić information content (AvgIpc) is 2.63. The van der Waals surface area contributed by atoms with Crippen LogP contribution in [-0.2, 0) is 30.4 Å². The van der Waals surface area contributed by atoms with Crippen LogP contribution in [-0.4, -0.2) is 33.3 Å². The number of rotatable bonds is 9. The summed E-state index contributed by atoms with van der Waals surface area (Å²) in [5.41, 5.74) is 0.952. The summed E-state index contributed by atoms with van der Waals surface area (Å²) in [6.45, 7) is 3.97. The Kier molecular flexibility index (Phi) is 8.11. The van der Waals surface area contributed by atoms with Crippen molar-refractivity contribution in [1.82, 2.24) is 0 Å². The highest BCUT2D eigenvalue weighted by molar-refractivity contribution is 5.95. The summed E-state index contributed by atoms with van der Waals surface area (Å²) in [5.74, 6) is -2.32. The van der Waals surface area contributed by atoms with Gasteiger partial charge in [0.2, 0.25) is 0 Å². The molecule has 0 N–H and O–H groups in total. The predicted molar refractivity (Wildman–Crippen MR) is 88.1 cm³/mol. The van der Waals surface area contributed by atoms with E-state index in [-0.39, 0.29) is 0 Å². The number of benzene rings is 1. The van der Waals surface area contributed by atoms with Crippen molar-refractivity contribution in [3.8, 4) is 5.75 Å². The molecule has 0 fully saturated rings. The quantitative estimate of drug-likeness (QED) is 0.299. The van der Waals surface area contributed by atoms with Crippen LogP contribution >= 0.6 is 0 Å². The molecule has 0 amide bonds. The van der Waals surface area contributed by atoms with Gasteiger partial charge in [-0.25, -0.2) is 0 Å². The lowest BCUT2D eigenvalue weighted by molar-refractivity contribution is -0.159. The Morgan fingerprint density at radius 1 is 1.08 bits per heavy atom. The summed E-state index contributed by atoms with van der Waals surface area (Å²) in [6, 6.07) is 7.42. The van der Waals surface area contributed by atoms with E-state index in [0.717, 1.165) is 11.3 Å². The minimum absolute atomic E-state index is 0.339. The van der Waals surface area contributed by atoms with Crippen molar-refractivity contribution in [2.45, 2.75) is 6.61 Å². The molecule has 1 unspecified atom stereocenters. The Bertz CT molecular complexity index is 560. The number of hydrogen-bond acceptors (Lipinski definition) is 6. The third-order valence-electron chi connectivity index (χ3n) is 3.37. The molecule has 0 heterocycles. The maximum absolute atomic E-state index is 11.8. The van der Waals surface area contributed by atoms with E-state index in [0.29, 0.717) is 6.61 Å². The molecule has 1 rings (SSSR count). The van der Waals surface area contributed by atoms with E-state index in [1.54, 1.807) is 13.2 Å². The summed E-state index contributed by atoms with van der Waals surface area (Å²) in [7, 11) is 4.02. The molecule has 0 bridgehead atoms. The van der Waals surface area contributed by atoms with Gasteiger partial charge in [-0.15, -0.1) is 6.58 Å². The van der Waals surface area contributed by atoms with E-state index >= 15 is 0 Å². The summed E-state index contributed by atoms with van der Waals surface area (Å²) >= 11 is 0. The lowest BCUT2D eigenvalue weighted by Gasteiger charge is -2.17. The van der Waals surface area contributed by atoms with Crippen molar-refractivity contribution in [1.29, 1.82) is 0 Å². The van der Waals surface area contributed by atoms with Crippen LogP contribution in [0.5, 0.6) is 5.75 Å². The highest BCUT2D eigenvalue weighted by Gasteiger charge is 2.34. The standard InChI is InChI=1S/C18H22O6/c1-5-14(16(17(19)22-3)18(20)23-4)10-11-24-12-13-6-8-15(21-2)9-7-13/h5-11,14,16H,1,12H2,2-4H3/b11-10+. The van der Waals surface area contributed by atoms with Gasteiger partial charge in [-0.1, -0.05) is 18.2 Å². The normalized spacial score (nSPS) is 11.8. The third-order valence-corrected chi connectivity index (χ3v) is 3.37. The number of allylic oxidation sites excluding steroid dienone is 2. The van der Waals surface area contributed by atoms with Crippen LogP contribution in [0.15, 0.2) is 49.3 Å². The monoisotopic (exact) mass is 334 g/mol. The number of esters is 2. The molecule has 0 aliphatic carbocycles. The first-order valence-electron chi connectivity index (χ1n) is 7.26. The minimum Gasteiger partial charge on any atom is -0.497 e. The molecule has 130 valence electrons. The van der Waals surface area contributed by atoms with Gasteiger partial charge in [-0.3, -0.25) is 9.59 Å². The van der Waals surface area contributed by atoms with Gasteiger partial charge < -0.3 is 18.9 Å². The van der Waals surface area contributed by atoms with Crippen LogP contribution in [0.1, 0.15) is 5.56 Å². The molecular formula is C18H22O6. The van der Waals surface area contributed by atoms with Crippen molar-refractivity contribution < 1.29 is 28.5 Å². The van der Waals surface area contributed by atoms with E-state index in [4.69, 9.17) is 9.47 Å². The molecule has 0 aliphatic rings. The molecule has 1 aromatic rings.